The molecule has 0 aliphatic carbocycles. The van der Waals surface area contributed by atoms with E-state index in [0.29, 0.717) is 41.7 Å². The maximum atomic E-state index is 12.0. The first-order chi connectivity index (χ1) is 10.1. The SMILES string of the molecule is O=C(/C=C/c1cccc(Cl)c1Cl)NC1(CO)CCOCC1. The van der Waals surface area contributed by atoms with E-state index in [-0.39, 0.29) is 12.5 Å². The minimum absolute atomic E-state index is 0.103. The number of aliphatic hydroxyl groups excluding tert-OH is 1. The number of rotatable bonds is 4. The van der Waals surface area contributed by atoms with Gasteiger partial charge in [0.2, 0.25) is 5.91 Å². The molecule has 0 spiro atoms. The maximum absolute atomic E-state index is 12.0. The summed E-state index contributed by atoms with van der Waals surface area (Å²) < 4.78 is 5.25. The number of aliphatic hydroxyl groups is 1. The molecule has 1 saturated heterocycles. The second-order valence-corrected chi connectivity index (χ2v) is 5.80. The van der Waals surface area contributed by atoms with Crippen LogP contribution in [0.5, 0.6) is 0 Å². The van der Waals surface area contributed by atoms with Crippen molar-refractivity contribution in [3.8, 4) is 0 Å². The molecule has 114 valence electrons. The van der Waals surface area contributed by atoms with E-state index in [1.165, 1.54) is 6.08 Å². The summed E-state index contributed by atoms with van der Waals surface area (Å²) in [4.78, 5) is 12.0. The van der Waals surface area contributed by atoms with Crippen LogP contribution < -0.4 is 5.32 Å². The zero-order valence-electron chi connectivity index (χ0n) is 11.4. The highest BCUT2D eigenvalue weighted by Crippen LogP contribution is 2.26. The number of carbonyl (C=O) groups excluding carboxylic acids is 1. The average molecular weight is 330 g/mol. The number of benzene rings is 1. The van der Waals surface area contributed by atoms with Crippen LogP contribution in [0, 0.1) is 0 Å². The summed E-state index contributed by atoms with van der Waals surface area (Å²) in [6.45, 7) is 0.962. The van der Waals surface area contributed by atoms with Gasteiger partial charge in [-0.1, -0.05) is 35.3 Å². The first-order valence-electron chi connectivity index (χ1n) is 6.69. The predicted octanol–water partition coefficient (Wildman–Crippen LogP) is 2.66. The summed E-state index contributed by atoms with van der Waals surface area (Å²) in [7, 11) is 0. The van der Waals surface area contributed by atoms with E-state index in [2.05, 4.69) is 5.32 Å². The van der Waals surface area contributed by atoms with Crippen molar-refractivity contribution in [3.63, 3.8) is 0 Å². The zero-order chi connectivity index (χ0) is 15.3. The summed E-state index contributed by atoms with van der Waals surface area (Å²) in [6, 6.07) is 5.22. The fourth-order valence-corrected chi connectivity index (χ4v) is 2.57. The van der Waals surface area contributed by atoms with Crippen LogP contribution in [0.3, 0.4) is 0 Å². The molecule has 0 radical (unpaired) electrons. The molecule has 0 atom stereocenters. The van der Waals surface area contributed by atoms with Gasteiger partial charge in [-0.25, -0.2) is 0 Å². The van der Waals surface area contributed by atoms with E-state index >= 15 is 0 Å². The first kappa shape index (κ1) is 16.3. The Bertz CT molecular complexity index is 540. The van der Waals surface area contributed by atoms with Gasteiger partial charge in [0, 0.05) is 19.3 Å². The maximum Gasteiger partial charge on any atom is 0.244 e. The first-order valence-corrected chi connectivity index (χ1v) is 7.45. The van der Waals surface area contributed by atoms with Crippen LogP contribution in [0.1, 0.15) is 18.4 Å². The average Bonchev–Trinajstić information content (AvgIpc) is 2.50. The van der Waals surface area contributed by atoms with E-state index in [9.17, 15) is 9.90 Å². The molecular formula is C15H17Cl2NO3. The number of carbonyl (C=O) groups is 1. The minimum Gasteiger partial charge on any atom is -0.394 e. The van der Waals surface area contributed by atoms with Crippen LogP contribution in [0.15, 0.2) is 24.3 Å². The van der Waals surface area contributed by atoms with Crippen LogP contribution in [0.25, 0.3) is 6.08 Å². The second-order valence-electron chi connectivity index (χ2n) is 5.02. The topological polar surface area (TPSA) is 58.6 Å². The van der Waals surface area contributed by atoms with Gasteiger partial charge in [0.15, 0.2) is 0 Å². The summed E-state index contributed by atoms with van der Waals surface area (Å²) >= 11 is 12.0. The third-order valence-electron chi connectivity index (χ3n) is 3.54. The van der Waals surface area contributed by atoms with Gasteiger partial charge < -0.3 is 15.2 Å². The van der Waals surface area contributed by atoms with Crippen molar-refractivity contribution >= 4 is 35.2 Å². The highest BCUT2D eigenvalue weighted by Gasteiger charge is 2.32. The van der Waals surface area contributed by atoms with E-state index < -0.39 is 5.54 Å². The Morgan fingerprint density at radius 1 is 1.38 bits per heavy atom. The number of hydrogen-bond acceptors (Lipinski definition) is 3. The summed E-state index contributed by atoms with van der Waals surface area (Å²) in [5.74, 6) is -0.276. The molecule has 0 bridgehead atoms. The van der Waals surface area contributed by atoms with Crippen LogP contribution in [0.4, 0.5) is 0 Å². The molecule has 0 saturated carbocycles. The molecule has 2 rings (SSSR count). The van der Waals surface area contributed by atoms with Crippen LogP contribution >= 0.6 is 23.2 Å². The van der Waals surface area contributed by atoms with Gasteiger partial charge in [-0.2, -0.15) is 0 Å². The Labute approximate surface area is 133 Å². The third-order valence-corrected chi connectivity index (χ3v) is 4.37. The highest BCUT2D eigenvalue weighted by molar-refractivity contribution is 6.42. The Balaban J connectivity index is 2.03. The normalized spacial score (nSPS) is 17.9. The van der Waals surface area contributed by atoms with Crippen molar-refractivity contribution in [2.75, 3.05) is 19.8 Å². The molecule has 1 aromatic carbocycles. The van der Waals surface area contributed by atoms with Crippen molar-refractivity contribution in [2.45, 2.75) is 18.4 Å². The van der Waals surface area contributed by atoms with Gasteiger partial charge in [-0.05, 0) is 30.5 Å². The van der Waals surface area contributed by atoms with E-state index in [1.54, 1.807) is 24.3 Å². The number of hydrogen-bond donors (Lipinski definition) is 2. The zero-order valence-corrected chi connectivity index (χ0v) is 13.0. The Morgan fingerprint density at radius 2 is 2.10 bits per heavy atom. The molecule has 0 aromatic heterocycles. The summed E-state index contributed by atoms with van der Waals surface area (Å²) in [5.41, 5.74) is 0.0713. The number of ether oxygens (including phenoxy) is 1. The fourth-order valence-electron chi connectivity index (χ4n) is 2.20. The van der Waals surface area contributed by atoms with Gasteiger partial charge >= 0.3 is 0 Å². The lowest BCUT2D eigenvalue weighted by molar-refractivity contribution is -0.120. The van der Waals surface area contributed by atoms with Crippen LogP contribution in [0.2, 0.25) is 10.0 Å². The Kier molecular flexibility index (Phi) is 5.65. The van der Waals surface area contributed by atoms with Crippen molar-refractivity contribution in [1.82, 2.24) is 5.32 Å². The summed E-state index contributed by atoms with van der Waals surface area (Å²) in [5, 5.41) is 13.2. The molecule has 1 fully saturated rings. The van der Waals surface area contributed by atoms with Gasteiger partial charge in [0.05, 0.1) is 22.2 Å². The lowest BCUT2D eigenvalue weighted by Crippen LogP contribution is -2.54. The van der Waals surface area contributed by atoms with Gasteiger partial charge in [0.25, 0.3) is 0 Å². The van der Waals surface area contributed by atoms with Crippen molar-refractivity contribution in [3.05, 3.63) is 39.9 Å². The monoisotopic (exact) mass is 329 g/mol. The van der Waals surface area contributed by atoms with Crippen molar-refractivity contribution < 1.29 is 14.6 Å². The van der Waals surface area contributed by atoms with Crippen molar-refractivity contribution in [2.24, 2.45) is 0 Å². The molecule has 1 amide bonds. The number of amides is 1. The smallest absolute Gasteiger partial charge is 0.244 e. The van der Waals surface area contributed by atoms with Crippen LogP contribution in [-0.2, 0) is 9.53 Å². The molecule has 4 nitrogen and oxygen atoms in total. The quantitative estimate of drug-likeness (QED) is 0.835. The minimum atomic E-state index is -0.599. The lowest BCUT2D eigenvalue weighted by Gasteiger charge is -2.35. The Morgan fingerprint density at radius 3 is 2.76 bits per heavy atom. The van der Waals surface area contributed by atoms with Crippen molar-refractivity contribution in [1.29, 1.82) is 0 Å². The van der Waals surface area contributed by atoms with E-state index in [0.717, 1.165) is 0 Å². The highest BCUT2D eigenvalue weighted by atomic mass is 35.5. The second kappa shape index (κ2) is 7.27. The molecule has 0 unspecified atom stereocenters. The van der Waals surface area contributed by atoms with E-state index in [1.807, 2.05) is 0 Å². The fraction of sp³-hybridized carbons (Fsp3) is 0.400. The predicted molar refractivity (Wildman–Crippen MR) is 83.5 cm³/mol. The third kappa shape index (κ3) is 4.20. The largest absolute Gasteiger partial charge is 0.394 e. The number of halogens is 2. The standard InChI is InChI=1S/C15H17Cl2NO3/c16-12-3-1-2-11(14(12)17)4-5-13(20)18-15(10-19)6-8-21-9-7-15/h1-5,19H,6-10H2,(H,18,20)/b5-4+. The van der Waals surface area contributed by atoms with E-state index in [4.69, 9.17) is 27.9 Å². The van der Waals surface area contributed by atoms with Gasteiger partial charge in [-0.15, -0.1) is 0 Å². The molecule has 1 heterocycles. The molecule has 1 aromatic rings. The van der Waals surface area contributed by atoms with Gasteiger partial charge in [-0.3, -0.25) is 4.79 Å². The molecule has 2 N–H and O–H groups in total. The Hall–Kier alpha value is -1.07. The molecule has 1 aliphatic heterocycles. The molecule has 6 heteroatoms. The molecule has 1 aliphatic rings. The van der Waals surface area contributed by atoms with Crippen LogP contribution in [-0.4, -0.2) is 36.4 Å². The molecule has 21 heavy (non-hydrogen) atoms. The van der Waals surface area contributed by atoms with Gasteiger partial charge in [0.1, 0.15) is 0 Å². The summed E-state index contributed by atoms with van der Waals surface area (Å²) in [6.07, 6.45) is 4.19. The number of nitrogens with one attached hydrogen (secondary N) is 1. The molecular weight excluding hydrogens is 313 g/mol. The lowest BCUT2D eigenvalue weighted by atomic mass is 9.91.